The standard InChI is InChI=1S/C14H14BrNO2/c15-12-7-16-14-9(2-1-3-10(12)14)11(6-13(17)18)8-4-5-8/h1-3,7-8,11,16H,4-6H2,(H,17,18). The van der Waals surface area contributed by atoms with Crippen molar-refractivity contribution in [3.63, 3.8) is 0 Å². The van der Waals surface area contributed by atoms with Crippen LogP contribution in [0.5, 0.6) is 0 Å². The van der Waals surface area contributed by atoms with Crippen molar-refractivity contribution in [3.05, 3.63) is 34.4 Å². The number of carboxylic acids is 1. The van der Waals surface area contributed by atoms with E-state index in [9.17, 15) is 4.79 Å². The topological polar surface area (TPSA) is 53.1 Å². The van der Waals surface area contributed by atoms with Crippen molar-refractivity contribution in [3.8, 4) is 0 Å². The largest absolute Gasteiger partial charge is 0.481 e. The van der Waals surface area contributed by atoms with Crippen molar-refractivity contribution in [1.29, 1.82) is 0 Å². The molecule has 1 fully saturated rings. The smallest absolute Gasteiger partial charge is 0.303 e. The van der Waals surface area contributed by atoms with Crippen LogP contribution >= 0.6 is 15.9 Å². The second-order valence-corrected chi connectivity index (χ2v) is 5.80. The molecule has 1 aromatic heterocycles. The molecule has 0 bridgehead atoms. The van der Waals surface area contributed by atoms with Gasteiger partial charge < -0.3 is 10.1 Å². The molecule has 0 saturated heterocycles. The third-order valence-corrected chi connectivity index (χ3v) is 4.34. The molecule has 3 rings (SSSR count). The van der Waals surface area contributed by atoms with Gasteiger partial charge in [0, 0.05) is 16.1 Å². The maximum Gasteiger partial charge on any atom is 0.303 e. The molecule has 0 aliphatic heterocycles. The van der Waals surface area contributed by atoms with Crippen molar-refractivity contribution < 1.29 is 9.90 Å². The second-order valence-electron chi connectivity index (χ2n) is 4.95. The Morgan fingerprint density at radius 2 is 2.28 bits per heavy atom. The summed E-state index contributed by atoms with van der Waals surface area (Å²) in [6.07, 6.45) is 4.44. The van der Waals surface area contributed by atoms with Gasteiger partial charge in [0.15, 0.2) is 0 Å². The maximum atomic E-state index is 11.0. The SMILES string of the molecule is O=C(O)CC(c1cccc2c(Br)c[nH]c12)C1CC1. The van der Waals surface area contributed by atoms with Crippen LogP contribution in [0.25, 0.3) is 10.9 Å². The Balaban J connectivity index is 2.08. The van der Waals surface area contributed by atoms with Gasteiger partial charge >= 0.3 is 5.97 Å². The van der Waals surface area contributed by atoms with E-state index in [1.54, 1.807) is 0 Å². The van der Waals surface area contributed by atoms with Gasteiger partial charge in [0.2, 0.25) is 0 Å². The third kappa shape index (κ3) is 2.05. The molecule has 1 aliphatic carbocycles. The van der Waals surface area contributed by atoms with Crippen LogP contribution in [0.3, 0.4) is 0 Å². The fraction of sp³-hybridized carbons (Fsp3) is 0.357. The molecular formula is C14H14BrNO2. The molecule has 1 aliphatic rings. The van der Waals surface area contributed by atoms with Crippen LogP contribution in [-0.4, -0.2) is 16.1 Å². The molecule has 18 heavy (non-hydrogen) atoms. The molecule has 2 aromatic rings. The molecule has 1 atom stereocenters. The Labute approximate surface area is 113 Å². The molecule has 2 N–H and O–H groups in total. The van der Waals surface area contributed by atoms with E-state index in [1.807, 2.05) is 18.3 Å². The number of H-pyrrole nitrogens is 1. The molecule has 1 aromatic carbocycles. The molecule has 94 valence electrons. The zero-order valence-corrected chi connectivity index (χ0v) is 11.4. The number of aliphatic carboxylic acids is 1. The van der Waals surface area contributed by atoms with Crippen LogP contribution in [0.2, 0.25) is 0 Å². The number of aromatic nitrogens is 1. The van der Waals surface area contributed by atoms with Gasteiger partial charge in [-0.25, -0.2) is 0 Å². The highest BCUT2D eigenvalue weighted by molar-refractivity contribution is 9.10. The average molecular weight is 308 g/mol. The summed E-state index contributed by atoms with van der Waals surface area (Å²) in [5.74, 6) is -0.0416. The minimum Gasteiger partial charge on any atom is -0.481 e. The second kappa shape index (κ2) is 4.43. The van der Waals surface area contributed by atoms with Gasteiger partial charge in [-0.3, -0.25) is 4.79 Å². The molecule has 1 unspecified atom stereocenters. The molecule has 1 saturated carbocycles. The van der Waals surface area contributed by atoms with E-state index in [-0.39, 0.29) is 12.3 Å². The van der Waals surface area contributed by atoms with E-state index >= 15 is 0 Å². The Morgan fingerprint density at radius 1 is 1.50 bits per heavy atom. The normalized spacial score (nSPS) is 16.9. The lowest BCUT2D eigenvalue weighted by Crippen LogP contribution is -2.08. The fourth-order valence-corrected chi connectivity index (χ4v) is 3.11. The molecule has 4 heteroatoms. The molecular weight excluding hydrogens is 294 g/mol. The Hall–Kier alpha value is -1.29. The maximum absolute atomic E-state index is 11.0. The first-order valence-corrected chi connectivity index (χ1v) is 6.93. The van der Waals surface area contributed by atoms with E-state index < -0.39 is 5.97 Å². The average Bonchev–Trinajstić information content (AvgIpc) is 3.11. The van der Waals surface area contributed by atoms with Crippen molar-refractivity contribution in [2.24, 2.45) is 5.92 Å². The van der Waals surface area contributed by atoms with Crippen LogP contribution < -0.4 is 0 Å². The number of para-hydroxylation sites is 1. The number of halogens is 1. The van der Waals surface area contributed by atoms with Gasteiger partial charge in [-0.05, 0) is 46.2 Å². The highest BCUT2D eigenvalue weighted by atomic mass is 79.9. The van der Waals surface area contributed by atoms with E-state index in [1.165, 1.54) is 0 Å². The zero-order valence-electron chi connectivity index (χ0n) is 9.82. The van der Waals surface area contributed by atoms with Crippen LogP contribution in [0.1, 0.15) is 30.7 Å². The van der Waals surface area contributed by atoms with Crippen molar-refractivity contribution in [1.82, 2.24) is 4.98 Å². The van der Waals surface area contributed by atoms with Crippen LogP contribution in [0.4, 0.5) is 0 Å². The fourth-order valence-electron chi connectivity index (χ4n) is 2.67. The van der Waals surface area contributed by atoms with Gasteiger partial charge in [-0.2, -0.15) is 0 Å². The summed E-state index contributed by atoms with van der Waals surface area (Å²) in [6.45, 7) is 0. The van der Waals surface area contributed by atoms with Gasteiger partial charge in [-0.1, -0.05) is 18.2 Å². The Morgan fingerprint density at radius 3 is 2.94 bits per heavy atom. The van der Waals surface area contributed by atoms with Gasteiger partial charge in [0.25, 0.3) is 0 Å². The van der Waals surface area contributed by atoms with E-state index in [0.717, 1.165) is 33.8 Å². The predicted octanol–water partition coefficient (Wildman–Crippen LogP) is 3.90. The lowest BCUT2D eigenvalue weighted by atomic mass is 9.90. The first kappa shape index (κ1) is 11.8. The number of carboxylic acid groups (broad SMARTS) is 1. The molecule has 0 spiro atoms. The lowest BCUT2D eigenvalue weighted by molar-refractivity contribution is -0.137. The lowest BCUT2D eigenvalue weighted by Gasteiger charge is -2.15. The van der Waals surface area contributed by atoms with Crippen LogP contribution in [0, 0.1) is 5.92 Å². The summed E-state index contributed by atoms with van der Waals surface area (Å²) in [6, 6.07) is 6.11. The minimum atomic E-state index is -0.713. The molecule has 1 heterocycles. The highest BCUT2D eigenvalue weighted by Gasteiger charge is 2.34. The third-order valence-electron chi connectivity index (χ3n) is 3.68. The van der Waals surface area contributed by atoms with Gasteiger partial charge in [0.1, 0.15) is 0 Å². The minimum absolute atomic E-state index is 0.136. The number of fused-ring (bicyclic) bond motifs is 1. The number of carbonyl (C=O) groups is 1. The van der Waals surface area contributed by atoms with E-state index in [4.69, 9.17) is 5.11 Å². The zero-order chi connectivity index (χ0) is 12.7. The summed E-state index contributed by atoms with van der Waals surface area (Å²) < 4.78 is 1.03. The summed E-state index contributed by atoms with van der Waals surface area (Å²) in [5, 5.41) is 10.2. The quantitative estimate of drug-likeness (QED) is 0.900. The van der Waals surface area contributed by atoms with Crippen molar-refractivity contribution in [2.45, 2.75) is 25.2 Å². The number of benzene rings is 1. The van der Waals surface area contributed by atoms with Gasteiger partial charge in [-0.15, -0.1) is 0 Å². The number of hydrogen-bond acceptors (Lipinski definition) is 1. The van der Waals surface area contributed by atoms with E-state index in [0.29, 0.717) is 5.92 Å². The summed E-state index contributed by atoms with van der Waals surface area (Å²) in [4.78, 5) is 14.3. The Bertz CT molecular complexity index is 601. The number of rotatable bonds is 4. The van der Waals surface area contributed by atoms with Crippen LogP contribution in [-0.2, 0) is 4.79 Å². The first-order valence-electron chi connectivity index (χ1n) is 6.14. The van der Waals surface area contributed by atoms with Gasteiger partial charge in [0.05, 0.1) is 11.9 Å². The van der Waals surface area contributed by atoms with Crippen LogP contribution in [0.15, 0.2) is 28.9 Å². The van der Waals surface area contributed by atoms with E-state index in [2.05, 4.69) is 27.0 Å². The van der Waals surface area contributed by atoms with Crippen molar-refractivity contribution in [2.75, 3.05) is 0 Å². The summed E-state index contributed by atoms with van der Waals surface area (Å²) in [5.41, 5.74) is 2.21. The van der Waals surface area contributed by atoms with Crippen molar-refractivity contribution >= 4 is 32.8 Å². The highest BCUT2D eigenvalue weighted by Crippen LogP contribution is 2.46. The number of hydrogen-bond donors (Lipinski definition) is 2. The summed E-state index contributed by atoms with van der Waals surface area (Å²) >= 11 is 3.51. The molecule has 0 amide bonds. The summed E-state index contributed by atoms with van der Waals surface area (Å²) in [7, 11) is 0. The molecule has 3 nitrogen and oxygen atoms in total. The number of aromatic amines is 1. The predicted molar refractivity (Wildman–Crippen MR) is 73.7 cm³/mol. The first-order chi connectivity index (χ1) is 8.66. The molecule has 0 radical (unpaired) electrons. The monoisotopic (exact) mass is 307 g/mol. The Kier molecular flexibility index (Phi) is 2.90. The number of nitrogens with one attached hydrogen (secondary N) is 1.